The number of aliphatic carboxylic acids is 1. The number of halogens is 1. The van der Waals surface area contributed by atoms with Crippen LogP contribution in [0.1, 0.15) is 28.4 Å². The molecule has 0 saturated carbocycles. The topological polar surface area (TPSA) is 79.3 Å². The van der Waals surface area contributed by atoms with Gasteiger partial charge < -0.3 is 10.4 Å². The number of nitrogens with one attached hydrogen (secondary N) is 1. The fraction of sp³-hybridized carbons (Fsp3) is 0.133. The number of carbonyl (C=O) groups is 2. The van der Waals surface area contributed by atoms with Gasteiger partial charge in [0.15, 0.2) is 0 Å². The van der Waals surface area contributed by atoms with Crippen molar-refractivity contribution in [1.29, 1.82) is 0 Å². The molecule has 1 amide bonds. The third kappa shape index (κ3) is 4.13. The molecule has 108 valence electrons. The number of carboxylic acids is 1. The third-order valence-corrected chi connectivity index (χ3v) is 3.52. The summed E-state index contributed by atoms with van der Waals surface area (Å²) in [6.07, 6.45) is 1.38. The Morgan fingerprint density at radius 2 is 1.90 bits per heavy atom. The van der Waals surface area contributed by atoms with E-state index in [1.54, 1.807) is 42.6 Å². The normalized spacial score (nSPS) is 11.7. The number of hydrogen-bond donors (Lipinski definition) is 2. The Morgan fingerprint density at radius 1 is 1.19 bits per heavy atom. The Morgan fingerprint density at radius 3 is 2.52 bits per heavy atom. The Balaban J connectivity index is 2.21. The lowest BCUT2D eigenvalue weighted by atomic mass is 10.0. The summed E-state index contributed by atoms with van der Waals surface area (Å²) in [5.74, 6) is -1.35. The summed E-state index contributed by atoms with van der Waals surface area (Å²) >= 11 is 3.21. The van der Waals surface area contributed by atoms with Crippen molar-refractivity contribution in [3.8, 4) is 0 Å². The van der Waals surface area contributed by atoms with Gasteiger partial charge in [-0.25, -0.2) is 4.98 Å². The van der Waals surface area contributed by atoms with Crippen LogP contribution in [0, 0.1) is 0 Å². The molecule has 0 saturated heterocycles. The minimum atomic E-state index is -0.977. The van der Waals surface area contributed by atoms with Gasteiger partial charge in [0, 0.05) is 6.20 Å². The van der Waals surface area contributed by atoms with Gasteiger partial charge >= 0.3 is 5.97 Å². The highest BCUT2D eigenvalue weighted by atomic mass is 79.9. The molecule has 0 aliphatic carbocycles. The van der Waals surface area contributed by atoms with E-state index in [2.05, 4.69) is 26.2 Å². The molecule has 6 heteroatoms. The summed E-state index contributed by atoms with van der Waals surface area (Å²) in [4.78, 5) is 27.2. The van der Waals surface area contributed by atoms with Crippen LogP contribution in [-0.2, 0) is 4.79 Å². The van der Waals surface area contributed by atoms with Gasteiger partial charge in [-0.05, 0) is 33.6 Å². The Labute approximate surface area is 130 Å². The van der Waals surface area contributed by atoms with Crippen LogP contribution >= 0.6 is 15.9 Å². The average Bonchev–Trinajstić information content (AvgIpc) is 2.47. The maximum Gasteiger partial charge on any atom is 0.305 e. The van der Waals surface area contributed by atoms with Crippen LogP contribution in [0.3, 0.4) is 0 Å². The largest absolute Gasteiger partial charge is 0.481 e. The monoisotopic (exact) mass is 348 g/mol. The second-order valence-corrected chi connectivity index (χ2v) is 5.13. The molecular formula is C15H13BrN2O3. The maximum atomic E-state index is 12.3. The summed E-state index contributed by atoms with van der Waals surface area (Å²) in [6.45, 7) is 0. The molecule has 0 bridgehead atoms. The second kappa shape index (κ2) is 6.99. The summed E-state index contributed by atoms with van der Waals surface area (Å²) < 4.78 is 0.421. The van der Waals surface area contributed by atoms with E-state index in [9.17, 15) is 9.59 Å². The standard InChI is InChI=1S/C15H13BrN2O3/c16-14-11(7-4-8-17-14)15(21)18-12(9-13(19)20)10-5-2-1-3-6-10/h1-8,12H,9H2,(H,18,21)(H,19,20). The van der Waals surface area contributed by atoms with E-state index in [0.717, 1.165) is 5.56 Å². The van der Waals surface area contributed by atoms with E-state index >= 15 is 0 Å². The van der Waals surface area contributed by atoms with Gasteiger partial charge in [0.05, 0.1) is 18.0 Å². The molecule has 1 atom stereocenters. The number of rotatable bonds is 5. The number of carbonyl (C=O) groups excluding carboxylic acids is 1. The lowest BCUT2D eigenvalue weighted by Crippen LogP contribution is -2.30. The molecule has 0 spiro atoms. The van der Waals surface area contributed by atoms with Crippen molar-refractivity contribution >= 4 is 27.8 Å². The molecule has 2 rings (SSSR count). The van der Waals surface area contributed by atoms with Gasteiger partial charge in [-0.3, -0.25) is 9.59 Å². The molecule has 1 unspecified atom stereocenters. The number of hydrogen-bond acceptors (Lipinski definition) is 3. The van der Waals surface area contributed by atoms with E-state index in [-0.39, 0.29) is 12.3 Å². The van der Waals surface area contributed by atoms with E-state index in [1.807, 2.05) is 6.07 Å². The Hall–Kier alpha value is -2.21. The van der Waals surface area contributed by atoms with Gasteiger partial charge in [0.1, 0.15) is 4.60 Å². The number of amides is 1. The minimum absolute atomic E-state index is 0.187. The first-order chi connectivity index (χ1) is 10.1. The van der Waals surface area contributed by atoms with Gasteiger partial charge in [-0.1, -0.05) is 30.3 Å². The minimum Gasteiger partial charge on any atom is -0.481 e. The number of pyridine rings is 1. The fourth-order valence-electron chi connectivity index (χ4n) is 1.90. The SMILES string of the molecule is O=C(O)CC(NC(=O)c1cccnc1Br)c1ccccc1. The quantitative estimate of drug-likeness (QED) is 0.814. The van der Waals surface area contributed by atoms with E-state index < -0.39 is 12.0 Å². The smallest absolute Gasteiger partial charge is 0.305 e. The lowest BCUT2D eigenvalue weighted by Gasteiger charge is -2.17. The highest BCUT2D eigenvalue weighted by Gasteiger charge is 2.20. The molecule has 0 aliphatic rings. The first kappa shape index (κ1) is 15.2. The summed E-state index contributed by atoms with van der Waals surface area (Å²) in [5.41, 5.74) is 1.11. The van der Waals surface area contributed by atoms with Gasteiger partial charge in [-0.15, -0.1) is 0 Å². The average molecular weight is 349 g/mol. The molecular weight excluding hydrogens is 336 g/mol. The van der Waals surface area contributed by atoms with Crippen LogP contribution in [0.15, 0.2) is 53.3 Å². The molecule has 0 radical (unpaired) electrons. The first-order valence-electron chi connectivity index (χ1n) is 6.26. The fourth-order valence-corrected chi connectivity index (χ4v) is 2.33. The van der Waals surface area contributed by atoms with Gasteiger partial charge in [0.2, 0.25) is 0 Å². The molecule has 2 N–H and O–H groups in total. The van der Waals surface area contributed by atoms with Crippen molar-refractivity contribution in [2.24, 2.45) is 0 Å². The van der Waals surface area contributed by atoms with Crippen LogP contribution in [0.5, 0.6) is 0 Å². The van der Waals surface area contributed by atoms with Crippen molar-refractivity contribution in [1.82, 2.24) is 10.3 Å². The molecule has 5 nitrogen and oxygen atoms in total. The Bertz CT molecular complexity index is 646. The predicted octanol–water partition coefficient (Wildman–Crippen LogP) is 2.79. The molecule has 1 aromatic carbocycles. The van der Waals surface area contributed by atoms with Crippen LogP contribution in [0.4, 0.5) is 0 Å². The Kier molecular flexibility index (Phi) is 5.05. The number of benzene rings is 1. The summed E-state index contributed by atoms with van der Waals surface area (Å²) in [6, 6.07) is 11.7. The van der Waals surface area contributed by atoms with Crippen LogP contribution in [-0.4, -0.2) is 22.0 Å². The zero-order valence-corrected chi connectivity index (χ0v) is 12.6. The molecule has 2 aromatic rings. The number of aromatic nitrogens is 1. The highest BCUT2D eigenvalue weighted by Crippen LogP contribution is 2.19. The van der Waals surface area contributed by atoms with Crippen molar-refractivity contribution in [3.63, 3.8) is 0 Å². The third-order valence-electron chi connectivity index (χ3n) is 2.89. The highest BCUT2D eigenvalue weighted by molar-refractivity contribution is 9.10. The maximum absolute atomic E-state index is 12.3. The molecule has 1 heterocycles. The van der Waals surface area contributed by atoms with Crippen molar-refractivity contribution in [2.45, 2.75) is 12.5 Å². The van der Waals surface area contributed by atoms with Crippen LogP contribution < -0.4 is 5.32 Å². The van der Waals surface area contributed by atoms with Gasteiger partial charge in [-0.2, -0.15) is 0 Å². The molecule has 0 fully saturated rings. The zero-order chi connectivity index (χ0) is 15.2. The van der Waals surface area contributed by atoms with Gasteiger partial charge in [0.25, 0.3) is 5.91 Å². The molecule has 21 heavy (non-hydrogen) atoms. The van der Waals surface area contributed by atoms with E-state index in [1.165, 1.54) is 0 Å². The van der Waals surface area contributed by atoms with Crippen molar-refractivity contribution < 1.29 is 14.7 Å². The predicted molar refractivity (Wildman–Crippen MR) is 80.8 cm³/mol. The van der Waals surface area contributed by atoms with Crippen molar-refractivity contribution in [3.05, 3.63) is 64.4 Å². The number of nitrogens with zero attached hydrogens (tertiary/aromatic N) is 1. The van der Waals surface area contributed by atoms with E-state index in [4.69, 9.17) is 5.11 Å². The molecule has 1 aromatic heterocycles. The summed E-state index contributed by atoms with van der Waals surface area (Å²) in [5, 5.41) is 11.7. The number of carboxylic acid groups (broad SMARTS) is 1. The zero-order valence-electron chi connectivity index (χ0n) is 11.0. The van der Waals surface area contributed by atoms with Crippen molar-refractivity contribution in [2.75, 3.05) is 0 Å². The van der Waals surface area contributed by atoms with Crippen LogP contribution in [0.2, 0.25) is 0 Å². The second-order valence-electron chi connectivity index (χ2n) is 4.38. The van der Waals surface area contributed by atoms with E-state index in [0.29, 0.717) is 10.2 Å². The molecule has 0 aliphatic heterocycles. The van der Waals surface area contributed by atoms with Crippen LogP contribution in [0.25, 0.3) is 0 Å². The lowest BCUT2D eigenvalue weighted by molar-refractivity contribution is -0.137. The summed E-state index contributed by atoms with van der Waals surface area (Å²) in [7, 11) is 0. The first-order valence-corrected chi connectivity index (χ1v) is 7.05.